The summed E-state index contributed by atoms with van der Waals surface area (Å²) in [5.74, 6) is 0.329. The number of hydrogen-bond acceptors (Lipinski definition) is 4. The topological polar surface area (TPSA) is 73.6 Å². The van der Waals surface area contributed by atoms with Gasteiger partial charge in [0.05, 0.1) is 5.54 Å². The Labute approximate surface area is 122 Å². The second-order valence-electron chi connectivity index (χ2n) is 6.23. The Morgan fingerprint density at radius 2 is 2.10 bits per heavy atom. The standard InChI is InChI=1S/C15H30N2O3/c1-12(2)17-15(3,14(16)18)7-4-8-20-11-13-5-9-19-10-6-13/h12-13,17H,4-11H2,1-3H3,(H2,16,18). The molecule has 1 fully saturated rings. The van der Waals surface area contributed by atoms with Gasteiger partial charge >= 0.3 is 0 Å². The number of ether oxygens (including phenoxy) is 2. The molecule has 1 rings (SSSR count). The molecule has 1 aliphatic rings. The van der Waals surface area contributed by atoms with Gasteiger partial charge in [0.1, 0.15) is 0 Å². The van der Waals surface area contributed by atoms with Crippen molar-refractivity contribution in [3.63, 3.8) is 0 Å². The van der Waals surface area contributed by atoms with E-state index in [1.54, 1.807) is 0 Å². The molecule has 0 saturated carbocycles. The lowest BCUT2D eigenvalue weighted by Crippen LogP contribution is -2.55. The van der Waals surface area contributed by atoms with E-state index < -0.39 is 5.54 Å². The molecule has 0 aromatic heterocycles. The van der Waals surface area contributed by atoms with Gasteiger partial charge in [0, 0.05) is 32.5 Å². The SMILES string of the molecule is CC(C)NC(C)(CCCOCC1CCOCC1)C(N)=O. The van der Waals surface area contributed by atoms with Crippen LogP contribution in [0.3, 0.4) is 0 Å². The fourth-order valence-corrected chi connectivity index (χ4v) is 2.59. The molecule has 1 atom stereocenters. The van der Waals surface area contributed by atoms with Crippen LogP contribution in [0.2, 0.25) is 0 Å². The van der Waals surface area contributed by atoms with Crippen molar-refractivity contribution in [1.82, 2.24) is 5.32 Å². The summed E-state index contributed by atoms with van der Waals surface area (Å²) in [4.78, 5) is 11.6. The molecule has 0 aromatic carbocycles. The van der Waals surface area contributed by atoms with Crippen LogP contribution in [-0.4, -0.2) is 43.9 Å². The monoisotopic (exact) mass is 286 g/mol. The molecule has 5 nitrogen and oxygen atoms in total. The molecular weight excluding hydrogens is 256 g/mol. The molecule has 0 spiro atoms. The summed E-state index contributed by atoms with van der Waals surface area (Å²) in [5.41, 5.74) is 4.85. The van der Waals surface area contributed by atoms with E-state index in [0.29, 0.717) is 18.9 Å². The highest BCUT2D eigenvalue weighted by molar-refractivity contribution is 5.84. The minimum Gasteiger partial charge on any atom is -0.381 e. The first-order chi connectivity index (χ1) is 9.44. The number of nitrogens with one attached hydrogen (secondary N) is 1. The third kappa shape index (κ3) is 6.20. The summed E-state index contributed by atoms with van der Waals surface area (Å²) >= 11 is 0. The molecule has 0 aliphatic carbocycles. The summed E-state index contributed by atoms with van der Waals surface area (Å²) < 4.78 is 11.0. The molecule has 1 aliphatic heterocycles. The predicted molar refractivity (Wildman–Crippen MR) is 79.5 cm³/mol. The molecule has 0 bridgehead atoms. The van der Waals surface area contributed by atoms with Crippen LogP contribution in [0.15, 0.2) is 0 Å². The average molecular weight is 286 g/mol. The average Bonchev–Trinajstić information content (AvgIpc) is 2.38. The second-order valence-corrected chi connectivity index (χ2v) is 6.23. The Bertz CT molecular complexity index is 291. The maximum absolute atomic E-state index is 11.6. The third-order valence-corrected chi connectivity index (χ3v) is 3.81. The van der Waals surface area contributed by atoms with Crippen molar-refractivity contribution in [2.24, 2.45) is 11.7 Å². The maximum atomic E-state index is 11.6. The van der Waals surface area contributed by atoms with Crippen LogP contribution >= 0.6 is 0 Å². The molecule has 1 unspecified atom stereocenters. The molecule has 0 radical (unpaired) electrons. The van der Waals surface area contributed by atoms with E-state index in [4.69, 9.17) is 15.2 Å². The molecule has 1 amide bonds. The molecule has 1 heterocycles. The zero-order chi connectivity index (χ0) is 15.0. The van der Waals surface area contributed by atoms with Crippen molar-refractivity contribution in [3.8, 4) is 0 Å². The highest BCUT2D eigenvalue weighted by atomic mass is 16.5. The van der Waals surface area contributed by atoms with E-state index in [9.17, 15) is 4.79 Å². The van der Waals surface area contributed by atoms with Gasteiger partial charge < -0.3 is 20.5 Å². The third-order valence-electron chi connectivity index (χ3n) is 3.81. The summed E-state index contributed by atoms with van der Waals surface area (Å²) in [5, 5.41) is 3.25. The zero-order valence-corrected chi connectivity index (χ0v) is 13.1. The van der Waals surface area contributed by atoms with Crippen LogP contribution in [0.1, 0.15) is 46.5 Å². The quantitative estimate of drug-likeness (QED) is 0.629. The van der Waals surface area contributed by atoms with Crippen molar-refractivity contribution in [2.45, 2.75) is 58.0 Å². The summed E-state index contributed by atoms with van der Waals surface area (Å²) in [6.07, 6.45) is 3.72. The molecule has 3 N–H and O–H groups in total. The number of hydrogen-bond donors (Lipinski definition) is 2. The molecule has 0 aromatic rings. The van der Waals surface area contributed by atoms with E-state index >= 15 is 0 Å². The Morgan fingerprint density at radius 3 is 2.65 bits per heavy atom. The second kappa shape index (κ2) is 8.60. The minimum atomic E-state index is -0.643. The number of nitrogens with two attached hydrogens (primary N) is 1. The highest BCUT2D eigenvalue weighted by Gasteiger charge is 2.30. The first-order valence-corrected chi connectivity index (χ1v) is 7.67. The number of primary amides is 1. The number of rotatable bonds is 9. The largest absolute Gasteiger partial charge is 0.381 e. The van der Waals surface area contributed by atoms with Crippen LogP contribution in [0.4, 0.5) is 0 Å². The number of carbonyl (C=O) groups is 1. The van der Waals surface area contributed by atoms with Gasteiger partial charge in [-0.2, -0.15) is 0 Å². The summed E-state index contributed by atoms with van der Waals surface area (Å²) in [6, 6.07) is 0.232. The van der Waals surface area contributed by atoms with Crippen molar-refractivity contribution in [3.05, 3.63) is 0 Å². The van der Waals surface area contributed by atoms with Gasteiger partial charge in [0.2, 0.25) is 5.91 Å². The molecular formula is C15H30N2O3. The Hall–Kier alpha value is -0.650. The normalized spacial score (nSPS) is 20.0. The fraction of sp³-hybridized carbons (Fsp3) is 0.933. The van der Waals surface area contributed by atoms with E-state index in [0.717, 1.165) is 39.1 Å². The fourth-order valence-electron chi connectivity index (χ4n) is 2.59. The van der Waals surface area contributed by atoms with Crippen molar-refractivity contribution in [1.29, 1.82) is 0 Å². The number of amides is 1. The van der Waals surface area contributed by atoms with Gasteiger partial charge in [-0.25, -0.2) is 0 Å². The van der Waals surface area contributed by atoms with Gasteiger partial charge in [-0.3, -0.25) is 4.79 Å². The number of carbonyl (C=O) groups excluding carboxylic acids is 1. The summed E-state index contributed by atoms with van der Waals surface area (Å²) in [6.45, 7) is 9.09. The van der Waals surface area contributed by atoms with Crippen LogP contribution in [-0.2, 0) is 14.3 Å². The Kier molecular flexibility index (Phi) is 7.48. The van der Waals surface area contributed by atoms with E-state index in [-0.39, 0.29) is 11.9 Å². The highest BCUT2D eigenvalue weighted by Crippen LogP contribution is 2.16. The van der Waals surface area contributed by atoms with Gasteiger partial charge in [-0.05, 0) is 52.4 Å². The van der Waals surface area contributed by atoms with Crippen molar-refractivity contribution < 1.29 is 14.3 Å². The molecule has 118 valence electrons. The van der Waals surface area contributed by atoms with Gasteiger partial charge in [0.25, 0.3) is 0 Å². The smallest absolute Gasteiger partial charge is 0.237 e. The van der Waals surface area contributed by atoms with Crippen LogP contribution in [0, 0.1) is 5.92 Å². The Balaban J connectivity index is 2.18. The summed E-state index contributed by atoms with van der Waals surface area (Å²) in [7, 11) is 0. The van der Waals surface area contributed by atoms with Crippen molar-refractivity contribution in [2.75, 3.05) is 26.4 Å². The lowest BCUT2D eigenvalue weighted by molar-refractivity contribution is -0.124. The van der Waals surface area contributed by atoms with E-state index in [1.165, 1.54) is 0 Å². The lowest BCUT2D eigenvalue weighted by atomic mass is 9.94. The van der Waals surface area contributed by atoms with Crippen LogP contribution in [0.25, 0.3) is 0 Å². The predicted octanol–water partition coefficient (Wildman–Crippen LogP) is 1.45. The molecule has 1 saturated heterocycles. The maximum Gasteiger partial charge on any atom is 0.237 e. The molecule has 5 heteroatoms. The van der Waals surface area contributed by atoms with E-state index in [2.05, 4.69) is 5.32 Å². The van der Waals surface area contributed by atoms with Gasteiger partial charge in [-0.15, -0.1) is 0 Å². The molecule has 20 heavy (non-hydrogen) atoms. The van der Waals surface area contributed by atoms with Gasteiger partial charge in [0.15, 0.2) is 0 Å². The van der Waals surface area contributed by atoms with Crippen LogP contribution < -0.4 is 11.1 Å². The first kappa shape index (κ1) is 17.4. The minimum absolute atomic E-state index is 0.232. The van der Waals surface area contributed by atoms with E-state index in [1.807, 2.05) is 20.8 Å². The zero-order valence-electron chi connectivity index (χ0n) is 13.1. The lowest BCUT2D eigenvalue weighted by Gasteiger charge is -2.30. The van der Waals surface area contributed by atoms with Gasteiger partial charge in [-0.1, -0.05) is 0 Å². The first-order valence-electron chi connectivity index (χ1n) is 7.67. The van der Waals surface area contributed by atoms with Crippen LogP contribution in [0.5, 0.6) is 0 Å². The van der Waals surface area contributed by atoms with Crippen molar-refractivity contribution >= 4 is 5.91 Å². The Morgan fingerprint density at radius 1 is 1.45 bits per heavy atom.